The molecular formula is C16H15N5OS. The molecule has 0 saturated heterocycles. The van der Waals surface area contributed by atoms with E-state index in [0.717, 1.165) is 22.2 Å². The smallest absolute Gasteiger partial charge is 0.226 e. The third-order valence-corrected chi connectivity index (χ3v) is 3.84. The van der Waals surface area contributed by atoms with Crippen LogP contribution in [0.1, 0.15) is 11.3 Å². The molecule has 0 saturated carbocycles. The molecule has 1 amide bonds. The van der Waals surface area contributed by atoms with Crippen molar-refractivity contribution in [2.24, 2.45) is 0 Å². The van der Waals surface area contributed by atoms with E-state index in [2.05, 4.69) is 25.6 Å². The SMILES string of the molecule is O=C(Cc1csc(Nc2ccccn2)n1)NCc1ccncc1. The van der Waals surface area contributed by atoms with Crippen LogP contribution in [0.2, 0.25) is 0 Å². The molecule has 7 heteroatoms. The molecule has 0 atom stereocenters. The predicted octanol–water partition coefficient (Wildman–Crippen LogP) is 2.54. The van der Waals surface area contributed by atoms with Crippen LogP contribution in [0.25, 0.3) is 0 Å². The fraction of sp³-hybridized carbons (Fsp3) is 0.125. The number of carbonyl (C=O) groups is 1. The van der Waals surface area contributed by atoms with Crippen LogP contribution < -0.4 is 10.6 Å². The van der Waals surface area contributed by atoms with E-state index in [4.69, 9.17) is 0 Å². The number of hydrogen-bond donors (Lipinski definition) is 2. The molecule has 3 aromatic heterocycles. The molecule has 0 aliphatic rings. The highest BCUT2D eigenvalue weighted by Crippen LogP contribution is 2.19. The van der Waals surface area contributed by atoms with Crippen molar-refractivity contribution in [2.45, 2.75) is 13.0 Å². The third kappa shape index (κ3) is 4.58. The molecular weight excluding hydrogens is 310 g/mol. The van der Waals surface area contributed by atoms with Crippen molar-refractivity contribution in [2.75, 3.05) is 5.32 Å². The molecule has 0 aliphatic carbocycles. The van der Waals surface area contributed by atoms with Crippen molar-refractivity contribution in [3.8, 4) is 0 Å². The zero-order valence-electron chi connectivity index (χ0n) is 12.3. The van der Waals surface area contributed by atoms with Gasteiger partial charge in [-0.15, -0.1) is 11.3 Å². The molecule has 0 aromatic carbocycles. The maximum absolute atomic E-state index is 12.0. The van der Waals surface area contributed by atoms with E-state index in [1.165, 1.54) is 11.3 Å². The summed E-state index contributed by atoms with van der Waals surface area (Å²) in [6.07, 6.45) is 5.38. The molecule has 3 aromatic rings. The van der Waals surface area contributed by atoms with Crippen molar-refractivity contribution in [3.05, 3.63) is 65.6 Å². The highest BCUT2D eigenvalue weighted by Gasteiger charge is 2.08. The monoisotopic (exact) mass is 325 g/mol. The van der Waals surface area contributed by atoms with E-state index >= 15 is 0 Å². The summed E-state index contributed by atoms with van der Waals surface area (Å²) in [5.41, 5.74) is 1.75. The van der Waals surface area contributed by atoms with E-state index in [1.807, 2.05) is 35.7 Å². The molecule has 116 valence electrons. The van der Waals surface area contributed by atoms with E-state index in [0.29, 0.717) is 6.54 Å². The predicted molar refractivity (Wildman–Crippen MR) is 89.4 cm³/mol. The summed E-state index contributed by atoms with van der Waals surface area (Å²) in [6, 6.07) is 9.36. The van der Waals surface area contributed by atoms with Crippen LogP contribution in [-0.4, -0.2) is 20.9 Å². The summed E-state index contributed by atoms with van der Waals surface area (Å²) in [5.74, 6) is 0.673. The van der Waals surface area contributed by atoms with Gasteiger partial charge in [-0.2, -0.15) is 0 Å². The van der Waals surface area contributed by atoms with Gasteiger partial charge in [0, 0.05) is 30.5 Å². The number of rotatable bonds is 6. The van der Waals surface area contributed by atoms with Gasteiger partial charge in [-0.3, -0.25) is 9.78 Å². The summed E-state index contributed by atoms with van der Waals surface area (Å²) in [5, 5.41) is 8.58. The number of hydrogen-bond acceptors (Lipinski definition) is 6. The van der Waals surface area contributed by atoms with Gasteiger partial charge < -0.3 is 10.6 Å². The maximum atomic E-state index is 12.0. The molecule has 3 rings (SSSR count). The first-order valence-electron chi connectivity index (χ1n) is 7.07. The lowest BCUT2D eigenvalue weighted by molar-refractivity contribution is -0.120. The molecule has 6 nitrogen and oxygen atoms in total. The minimum absolute atomic E-state index is 0.0588. The lowest BCUT2D eigenvalue weighted by Gasteiger charge is -2.03. The summed E-state index contributed by atoms with van der Waals surface area (Å²) >= 11 is 1.45. The lowest BCUT2D eigenvalue weighted by Crippen LogP contribution is -2.24. The van der Waals surface area contributed by atoms with Crippen LogP contribution in [0.4, 0.5) is 10.9 Å². The van der Waals surface area contributed by atoms with Crippen molar-refractivity contribution in [3.63, 3.8) is 0 Å². The number of amides is 1. The van der Waals surface area contributed by atoms with E-state index in [1.54, 1.807) is 18.6 Å². The van der Waals surface area contributed by atoms with E-state index < -0.39 is 0 Å². The number of aromatic nitrogens is 3. The Bertz CT molecular complexity index is 760. The van der Waals surface area contributed by atoms with Crippen LogP contribution in [0.5, 0.6) is 0 Å². The maximum Gasteiger partial charge on any atom is 0.226 e. The molecule has 2 N–H and O–H groups in total. The summed E-state index contributed by atoms with van der Waals surface area (Å²) in [7, 11) is 0. The van der Waals surface area contributed by atoms with Gasteiger partial charge >= 0.3 is 0 Å². The van der Waals surface area contributed by atoms with Crippen LogP contribution in [0.3, 0.4) is 0 Å². The molecule has 0 bridgehead atoms. The molecule has 0 spiro atoms. The van der Waals surface area contributed by atoms with Crippen LogP contribution in [0.15, 0.2) is 54.3 Å². The quantitative estimate of drug-likeness (QED) is 0.728. The zero-order chi connectivity index (χ0) is 15.9. The Morgan fingerprint density at radius 2 is 2.00 bits per heavy atom. The minimum atomic E-state index is -0.0588. The first-order valence-corrected chi connectivity index (χ1v) is 7.95. The van der Waals surface area contributed by atoms with Gasteiger partial charge in [0.1, 0.15) is 5.82 Å². The molecule has 0 radical (unpaired) electrons. The second-order valence-electron chi connectivity index (χ2n) is 4.79. The van der Waals surface area contributed by atoms with Crippen LogP contribution >= 0.6 is 11.3 Å². The van der Waals surface area contributed by atoms with E-state index in [-0.39, 0.29) is 12.3 Å². The Labute approximate surface area is 137 Å². The second kappa shape index (κ2) is 7.46. The van der Waals surface area contributed by atoms with Crippen LogP contribution in [0, 0.1) is 0 Å². The Morgan fingerprint density at radius 1 is 1.13 bits per heavy atom. The third-order valence-electron chi connectivity index (χ3n) is 3.03. The number of thiazole rings is 1. The van der Waals surface area contributed by atoms with Crippen molar-refractivity contribution < 1.29 is 4.79 Å². The topological polar surface area (TPSA) is 79.8 Å². The fourth-order valence-electron chi connectivity index (χ4n) is 1.92. The first kappa shape index (κ1) is 15.1. The Morgan fingerprint density at radius 3 is 2.78 bits per heavy atom. The van der Waals surface area contributed by atoms with Gasteiger partial charge in [0.05, 0.1) is 12.1 Å². The minimum Gasteiger partial charge on any atom is -0.352 e. The molecule has 0 fully saturated rings. The van der Waals surface area contributed by atoms with Crippen molar-refractivity contribution in [1.29, 1.82) is 0 Å². The van der Waals surface area contributed by atoms with Gasteiger partial charge in [0.15, 0.2) is 5.13 Å². The van der Waals surface area contributed by atoms with E-state index in [9.17, 15) is 4.79 Å². The Hall–Kier alpha value is -2.80. The largest absolute Gasteiger partial charge is 0.352 e. The molecule has 0 aliphatic heterocycles. The average Bonchev–Trinajstić information content (AvgIpc) is 3.02. The molecule has 23 heavy (non-hydrogen) atoms. The van der Waals surface area contributed by atoms with Gasteiger partial charge in [0.2, 0.25) is 5.91 Å². The summed E-state index contributed by atoms with van der Waals surface area (Å²) in [6.45, 7) is 0.491. The first-order chi connectivity index (χ1) is 11.3. The van der Waals surface area contributed by atoms with Gasteiger partial charge in [-0.25, -0.2) is 9.97 Å². The lowest BCUT2D eigenvalue weighted by atomic mass is 10.2. The van der Waals surface area contributed by atoms with Crippen LogP contribution in [-0.2, 0) is 17.8 Å². The van der Waals surface area contributed by atoms with Crippen molar-refractivity contribution >= 4 is 28.2 Å². The number of anilines is 2. The highest BCUT2D eigenvalue weighted by atomic mass is 32.1. The number of carbonyl (C=O) groups excluding carboxylic acids is 1. The standard InChI is InChI=1S/C16H15N5OS/c22-15(19-10-12-4-7-17-8-5-12)9-13-11-23-16(20-13)21-14-3-1-2-6-18-14/h1-8,11H,9-10H2,(H,19,22)(H,18,20,21). The molecule has 3 heterocycles. The fourth-order valence-corrected chi connectivity index (χ4v) is 2.64. The number of pyridine rings is 2. The van der Waals surface area contributed by atoms with Crippen molar-refractivity contribution in [1.82, 2.24) is 20.3 Å². The normalized spacial score (nSPS) is 10.3. The van der Waals surface area contributed by atoms with Gasteiger partial charge in [-0.05, 0) is 29.8 Å². The van der Waals surface area contributed by atoms with Gasteiger partial charge in [-0.1, -0.05) is 6.07 Å². The zero-order valence-corrected chi connectivity index (χ0v) is 13.1. The number of nitrogens with zero attached hydrogens (tertiary/aromatic N) is 3. The summed E-state index contributed by atoms with van der Waals surface area (Å²) in [4.78, 5) is 24.5. The Balaban J connectivity index is 1.51. The molecule has 0 unspecified atom stereocenters. The second-order valence-corrected chi connectivity index (χ2v) is 5.65. The highest BCUT2D eigenvalue weighted by molar-refractivity contribution is 7.13. The number of nitrogens with one attached hydrogen (secondary N) is 2. The Kier molecular flexibility index (Phi) is 4.90. The van der Waals surface area contributed by atoms with Gasteiger partial charge in [0.25, 0.3) is 0 Å². The summed E-state index contributed by atoms with van der Waals surface area (Å²) < 4.78 is 0. The average molecular weight is 325 g/mol.